The SMILES string of the molecule is OC1CCC(Nc2nc(CN3CCCC(F)(F)C3)cc(Nc3nc4ccc(Br)cc4s3)n2)CC1. The third-order valence-electron chi connectivity index (χ3n) is 6.25. The molecule has 1 saturated carbocycles. The van der Waals surface area contributed by atoms with Gasteiger partial charge in [0.2, 0.25) is 5.95 Å². The summed E-state index contributed by atoms with van der Waals surface area (Å²) < 4.78 is 29.9. The number of aliphatic hydroxyl groups excluding tert-OH is 1. The fourth-order valence-electron chi connectivity index (χ4n) is 4.58. The third-order valence-corrected chi connectivity index (χ3v) is 7.68. The molecule has 3 heterocycles. The van der Waals surface area contributed by atoms with Crippen molar-refractivity contribution < 1.29 is 13.9 Å². The number of halogens is 3. The van der Waals surface area contributed by atoms with Crippen LogP contribution in [0, 0.1) is 0 Å². The zero-order valence-corrected chi connectivity index (χ0v) is 21.0. The van der Waals surface area contributed by atoms with Crippen LogP contribution in [-0.2, 0) is 6.54 Å². The Hall–Kier alpha value is -1.95. The summed E-state index contributed by atoms with van der Waals surface area (Å²) >= 11 is 5.01. The van der Waals surface area contributed by atoms with Gasteiger partial charge in [-0.05, 0) is 56.8 Å². The monoisotopic (exact) mass is 552 g/mol. The van der Waals surface area contributed by atoms with Crippen LogP contribution in [0.4, 0.5) is 25.7 Å². The zero-order chi connectivity index (χ0) is 23.7. The summed E-state index contributed by atoms with van der Waals surface area (Å²) in [4.78, 5) is 15.7. The summed E-state index contributed by atoms with van der Waals surface area (Å²) in [6, 6.07) is 7.90. The van der Waals surface area contributed by atoms with Gasteiger partial charge in [0.1, 0.15) is 5.82 Å². The predicted octanol–water partition coefficient (Wildman–Crippen LogP) is 5.54. The van der Waals surface area contributed by atoms with Crippen molar-refractivity contribution in [3.05, 3.63) is 34.4 Å². The average molecular weight is 553 g/mol. The van der Waals surface area contributed by atoms with Gasteiger partial charge in [-0.15, -0.1) is 0 Å². The summed E-state index contributed by atoms with van der Waals surface area (Å²) in [6.07, 6.45) is 3.32. The molecule has 2 aliphatic rings. The van der Waals surface area contributed by atoms with Crippen molar-refractivity contribution in [2.24, 2.45) is 0 Å². The lowest BCUT2D eigenvalue weighted by Gasteiger charge is -2.32. The molecule has 1 aliphatic carbocycles. The van der Waals surface area contributed by atoms with E-state index in [-0.39, 0.29) is 25.1 Å². The first-order valence-electron chi connectivity index (χ1n) is 11.6. The maximum Gasteiger partial charge on any atom is 0.260 e. The molecule has 11 heteroatoms. The van der Waals surface area contributed by atoms with Gasteiger partial charge in [0.15, 0.2) is 5.13 Å². The van der Waals surface area contributed by atoms with Crippen LogP contribution in [0.2, 0.25) is 0 Å². The van der Waals surface area contributed by atoms with E-state index >= 15 is 0 Å². The largest absolute Gasteiger partial charge is 0.393 e. The molecule has 1 saturated heterocycles. The van der Waals surface area contributed by atoms with Crippen molar-refractivity contribution in [1.29, 1.82) is 0 Å². The second-order valence-corrected chi connectivity index (χ2v) is 11.1. The number of fused-ring (bicyclic) bond motifs is 1. The van der Waals surface area contributed by atoms with E-state index in [1.54, 1.807) is 4.90 Å². The van der Waals surface area contributed by atoms with Gasteiger partial charge in [0, 0.05) is 29.5 Å². The molecule has 2 fully saturated rings. The topological polar surface area (TPSA) is 86.2 Å². The number of anilines is 3. The highest BCUT2D eigenvalue weighted by Gasteiger charge is 2.35. The Morgan fingerprint density at radius 2 is 1.97 bits per heavy atom. The molecule has 1 aromatic carbocycles. The second-order valence-electron chi connectivity index (χ2n) is 9.14. The normalized spacial score (nSPS) is 23.2. The first kappa shape index (κ1) is 23.8. The third kappa shape index (κ3) is 5.99. The lowest BCUT2D eigenvalue weighted by Crippen LogP contribution is -2.42. The first-order chi connectivity index (χ1) is 16.3. The summed E-state index contributed by atoms with van der Waals surface area (Å²) in [7, 11) is 0. The maximum atomic E-state index is 13.9. The molecule has 182 valence electrons. The number of nitrogens with zero attached hydrogens (tertiary/aromatic N) is 4. The molecular weight excluding hydrogens is 526 g/mol. The van der Waals surface area contributed by atoms with E-state index in [0.717, 1.165) is 40.4 Å². The Balaban J connectivity index is 1.38. The van der Waals surface area contributed by atoms with Crippen molar-refractivity contribution in [3.8, 4) is 0 Å². The molecule has 0 radical (unpaired) electrons. The molecule has 3 aromatic rings. The molecule has 7 nitrogen and oxygen atoms in total. The minimum Gasteiger partial charge on any atom is -0.393 e. The second kappa shape index (κ2) is 9.96. The van der Waals surface area contributed by atoms with Crippen molar-refractivity contribution in [3.63, 3.8) is 0 Å². The molecule has 5 rings (SSSR count). The zero-order valence-electron chi connectivity index (χ0n) is 18.6. The minimum absolute atomic E-state index is 0.0614. The van der Waals surface area contributed by atoms with Gasteiger partial charge in [0.25, 0.3) is 5.92 Å². The highest BCUT2D eigenvalue weighted by atomic mass is 79.9. The van der Waals surface area contributed by atoms with Crippen molar-refractivity contribution >= 4 is 54.4 Å². The van der Waals surface area contributed by atoms with Crippen LogP contribution >= 0.6 is 27.3 Å². The van der Waals surface area contributed by atoms with Crippen LogP contribution in [0.5, 0.6) is 0 Å². The van der Waals surface area contributed by atoms with Crippen molar-refractivity contribution in [2.45, 2.75) is 63.1 Å². The van der Waals surface area contributed by atoms with E-state index in [0.29, 0.717) is 42.1 Å². The van der Waals surface area contributed by atoms with Crippen molar-refractivity contribution in [1.82, 2.24) is 19.9 Å². The predicted molar refractivity (Wildman–Crippen MR) is 134 cm³/mol. The van der Waals surface area contributed by atoms with Gasteiger partial charge in [-0.1, -0.05) is 27.3 Å². The fraction of sp³-hybridized carbons (Fsp3) is 0.522. The smallest absolute Gasteiger partial charge is 0.260 e. The number of hydrogen-bond donors (Lipinski definition) is 3. The fourth-order valence-corrected chi connectivity index (χ4v) is 6.01. The number of alkyl halides is 2. The summed E-state index contributed by atoms with van der Waals surface area (Å²) in [5, 5.41) is 17.2. The van der Waals surface area contributed by atoms with Crippen molar-refractivity contribution in [2.75, 3.05) is 23.7 Å². The Kier molecular flexibility index (Phi) is 6.97. The van der Waals surface area contributed by atoms with E-state index in [1.165, 1.54) is 11.3 Å². The Bertz CT molecular complexity index is 1150. The molecule has 0 spiro atoms. The van der Waals surface area contributed by atoms with Crippen LogP contribution in [0.1, 0.15) is 44.2 Å². The van der Waals surface area contributed by atoms with Gasteiger partial charge < -0.3 is 15.7 Å². The molecule has 34 heavy (non-hydrogen) atoms. The Morgan fingerprint density at radius 3 is 2.76 bits per heavy atom. The number of benzene rings is 1. The van der Waals surface area contributed by atoms with Gasteiger partial charge in [-0.25, -0.2) is 18.7 Å². The van der Waals surface area contributed by atoms with E-state index in [1.807, 2.05) is 24.3 Å². The van der Waals surface area contributed by atoms with E-state index in [4.69, 9.17) is 0 Å². The lowest BCUT2D eigenvalue weighted by molar-refractivity contribution is -0.0663. The first-order valence-corrected chi connectivity index (χ1v) is 13.2. The maximum absolute atomic E-state index is 13.9. The van der Waals surface area contributed by atoms with Crippen LogP contribution in [-0.4, -0.2) is 56.1 Å². The van der Waals surface area contributed by atoms with Gasteiger partial charge >= 0.3 is 0 Å². The van der Waals surface area contributed by atoms with Gasteiger partial charge in [-0.3, -0.25) is 4.90 Å². The van der Waals surface area contributed by atoms with Crippen LogP contribution < -0.4 is 10.6 Å². The molecule has 0 amide bonds. The van der Waals surface area contributed by atoms with Gasteiger partial charge in [0.05, 0.1) is 28.6 Å². The summed E-state index contributed by atoms with van der Waals surface area (Å²) in [5.41, 5.74) is 1.57. The Labute approximate surface area is 209 Å². The molecule has 1 aliphatic heterocycles. The van der Waals surface area contributed by atoms with Gasteiger partial charge in [-0.2, -0.15) is 4.98 Å². The lowest BCUT2D eigenvalue weighted by atomic mass is 9.93. The minimum atomic E-state index is -2.66. The highest BCUT2D eigenvalue weighted by Crippen LogP contribution is 2.31. The number of nitrogens with one attached hydrogen (secondary N) is 2. The van der Waals surface area contributed by atoms with Crippen LogP contribution in [0.15, 0.2) is 28.7 Å². The number of aliphatic hydroxyl groups is 1. The van der Waals surface area contributed by atoms with Crippen LogP contribution in [0.3, 0.4) is 0 Å². The molecule has 0 unspecified atom stereocenters. The molecule has 0 bridgehead atoms. The van der Waals surface area contributed by atoms with Crippen LogP contribution in [0.25, 0.3) is 10.2 Å². The molecule has 2 aromatic heterocycles. The summed E-state index contributed by atoms with van der Waals surface area (Å²) in [6.45, 7) is 0.700. The van der Waals surface area contributed by atoms with E-state index in [2.05, 4.69) is 41.5 Å². The highest BCUT2D eigenvalue weighted by molar-refractivity contribution is 9.10. The molecule has 0 atom stereocenters. The molecular formula is C23H27BrF2N6OS. The van der Waals surface area contributed by atoms with E-state index < -0.39 is 5.92 Å². The molecule has 3 N–H and O–H groups in total. The number of hydrogen-bond acceptors (Lipinski definition) is 8. The quantitative estimate of drug-likeness (QED) is 0.370. The number of piperidine rings is 1. The number of thiazole rings is 1. The number of likely N-dealkylation sites (tertiary alicyclic amines) is 1. The standard InChI is InChI=1S/C23H27BrF2N6OS/c24-14-2-7-18-19(10-14)34-22(29-18)31-20-11-16(12-32-9-1-8-23(25,26)13-32)28-21(30-20)27-15-3-5-17(33)6-4-15/h2,7,10-11,15,17,33H,1,3-6,8-9,12-13H2,(H2,27,28,29,30,31). The Morgan fingerprint density at radius 1 is 1.15 bits per heavy atom. The summed E-state index contributed by atoms with van der Waals surface area (Å²) in [5.74, 6) is -1.62. The average Bonchev–Trinajstić information content (AvgIpc) is 3.15. The number of aromatic nitrogens is 3. The van der Waals surface area contributed by atoms with E-state index in [9.17, 15) is 13.9 Å². The number of rotatable bonds is 6.